The Labute approximate surface area is 209 Å². The number of aromatic nitrogens is 2. The number of carbonyl (C=O) groups is 2. The maximum Gasteiger partial charge on any atom is 0.405 e. The summed E-state index contributed by atoms with van der Waals surface area (Å²) < 4.78 is 2.07. The van der Waals surface area contributed by atoms with E-state index in [1.54, 1.807) is 6.08 Å². The van der Waals surface area contributed by atoms with Crippen LogP contribution in [0.2, 0.25) is 0 Å². The minimum Gasteiger partial charge on any atom is -0.465 e. The Kier molecular flexibility index (Phi) is 5.84. The zero-order chi connectivity index (χ0) is 25.4. The van der Waals surface area contributed by atoms with Crippen molar-refractivity contribution in [1.29, 1.82) is 0 Å². The van der Waals surface area contributed by atoms with Crippen molar-refractivity contribution in [2.45, 2.75) is 38.6 Å². The van der Waals surface area contributed by atoms with E-state index in [9.17, 15) is 14.7 Å². The minimum atomic E-state index is -1.00. The van der Waals surface area contributed by atoms with Gasteiger partial charge in [0.25, 0.3) is 0 Å². The maximum atomic E-state index is 11.4. The van der Waals surface area contributed by atoms with E-state index >= 15 is 0 Å². The summed E-state index contributed by atoms with van der Waals surface area (Å²) in [7, 11) is 0. The average molecular weight is 481 g/mol. The molecule has 0 aliphatic heterocycles. The van der Waals surface area contributed by atoms with Crippen LogP contribution in [0.25, 0.3) is 34.2 Å². The highest BCUT2D eigenvalue weighted by Gasteiger charge is 2.40. The van der Waals surface area contributed by atoms with Crippen molar-refractivity contribution in [3.8, 4) is 22.5 Å². The number of nitrogens with zero attached hydrogens (tertiary/aromatic N) is 2. The van der Waals surface area contributed by atoms with Crippen LogP contribution in [-0.4, -0.2) is 26.5 Å². The van der Waals surface area contributed by atoms with Gasteiger partial charge >= 0.3 is 6.09 Å². The van der Waals surface area contributed by atoms with Crippen molar-refractivity contribution in [1.82, 2.24) is 14.7 Å². The number of nitrogens with two attached hydrogens (primary N) is 1. The normalized spacial score (nSPS) is 14.6. The van der Waals surface area contributed by atoms with E-state index < -0.39 is 17.5 Å². The second-order valence-corrected chi connectivity index (χ2v) is 9.38. The van der Waals surface area contributed by atoms with Crippen molar-refractivity contribution in [3.63, 3.8) is 0 Å². The van der Waals surface area contributed by atoms with E-state index in [1.165, 1.54) is 6.08 Å². The summed E-state index contributed by atoms with van der Waals surface area (Å²) in [5.74, 6) is -0.497. The highest BCUT2D eigenvalue weighted by Crippen LogP contribution is 2.42. The first-order chi connectivity index (χ1) is 17.3. The molecule has 4 aromatic rings. The van der Waals surface area contributed by atoms with E-state index in [2.05, 4.69) is 21.9 Å². The molecular formula is C29H28N4O3. The number of rotatable bonds is 6. The molecule has 2 aromatic carbocycles. The monoisotopic (exact) mass is 480 g/mol. The molecule has 0 radical (unpaired) electrons. The summed E-state index contributed by atoms with van der Waals surface area (Å²) in [4.78, 5) is 27.8. The van der Waals surface area contributed by atoms with Gasteiger partial charge in [-0.1, -0.05) is 54.6 Å². The van der Waals surface area contributed by atoms with Gasteiger partial charge in [-0.15, -0.1) is 0 Å². The molecule has 0 saturated heterocycles. The molecule has 2 heterocycles. The first kappa shape index (κ1) is 23.4. The van der Waals surface area contributed by atoms with E-state index in [1.807, 2.05) is 62.5 Å². The van der Waals surface area contributed by atoms with Gasteiger partial charge in [0.15, 0.2) is 0 Å². The van der Waals surface area contributed by atoms with Crippen LogP contribution in [0.4, 0.5) is 4.79 Å². The average Bonchev–Trinajstić information content (AvgIpc) is 3.23. The number of hydrogen-bond donors (Lipinski definition) is 3. The van der Waals surface area contributed by atoms with Gasteiger partial charge in [-0.05, 0) is 61.4 Å². The van der Waals surface area contributed by atoms with Crippen molar-refractivity contribution in [3.05, 3.63) is 89.1 Å². The summed E-state index contributed by atoms with van der Waals surface area (Å²) in [6.07, 6.45) is 6.68. The third kappa shape index (κ3) is 4.02. The lowest BCUT2D eigenvalue weighted by atomic mass is 9.72. The van der Waals surface area contributed by atoms with Gasteiger partial charge in [0.05, 0.1) is 16.9 Å². The first-order valence-electron chi connectivity index (χ1n) is 12.0. The molecule has 1 aliphatic rings. The topological polar surface area (TPSA) is 110 Å². The van der Waals surface area contributed by atoms with Crippen molar-refractivity contribution in [2.75, 3.05) is 0 Å². The molecule has 0 spiro atoms. The number of hydrogen-bond acceptors (Lipinski definition) is 3. The Balaban J connectivity index is 1.68. The van der Waals surface area contributed by atoms with E-state index in [0.29, 0.717) is 0 Å². The molecule has 1 saturated carbocycles. The molecule has 5 rings (SSSR count). The van der Waals surface area contributed by atoms with Crippen molar-refractivity contribution >= 4 is 23.7 Å². The first-order valence-corrected chi connectivity index (χ1v) is 12.0. The number of carbonyl (C=O) groups excluding carboxylic acids is 1. The summed E-state index contributed by atoms with van der Waals surface area (Å²) in [5, 5.41) is 12.1. The predicted octanol–water partition coefficient (Wildman–Crippen LogP) is 5.43. The van der Waals surface area contributed by atoms with Crippen LogP contribution in [0, 0.1) is 13.8 Å². The van der Waals surface area contributed by atoms with Gasteiger partial charge in [0.2, 0.25) is 5.91 Å². The molecule has 7 nitrogen and oxygen atoms in total. The molecule has 7 heteroatoms. The number of pyridine rings is 1. The highest BCUT2D eigenvalue weighted by atomic mass is 16.4. The predicted molar refractivity (Wildman–Crippen MR) is 140 cm³/mol. The number of imidazole rings is 1. The molecule has 2 aromatic heterocycles. The van der Waals surface area contributed by atoms with Crippen LogP contribution in [0.3, 0.4) is 0 Å². The fraction of sp³-hybridized carbons (Fsp3) is 0.207. The van der Waals surface area contributed by atoms with Gasteiger partial charge in [0.1, 0.15) is 5.65 Å². The lowest BCUT2D eigenvalue weighted by molar-refractivity contribution is -0.113. The second-order valence-electron chi connectivity index (χ2n) is 9.38. The Hall–Kier alpha value is -4.39. The van der Waals surface area contributed by atoms with Crippen LogP contribution < -0.4 is 11.1 Å². The lowest BCUT2D eigenvalue weighted by Crippen LogP contribution is -2.50. The summed E-state index contributed by atoms with van der Waals surface area (Å²) in [6.45, 7) is 4.04. The molecule has 0 atom stereocenters. The van der Waals surface area contributed by atoms with Gasteiger partial charge in [-0.2, -0.15) is 0 Å². The zero-order valence-electron chi connectivity index (χ0n) is 20.3. The Bertz CT molecular complexity index is 1500. The third-order valence-electron chi connectivity index (χ3n) is 7.25. The quantitative estimate of drug-likeness (QED) is 0.320. The molecule has 0 bridgehead atoms. The maximum absolute atomic E-state index is 11.4. The largest absolute Gasteiger partial charge is 0.465 e. The smallest absolute Gasteiger partial charge is 0.405 e. The molecule has 1 fully saturated rings. The number of benzene rings is 2. The lowest BCUT2D eigenvalue weighted by Gasteiger charge is -2.42. The van der Waals surface area contributed by atoms with Crippen LogP contribution >= 0.6 is 0 Å². The van der Waals surface area contributed by atoms with Gasteiger partial charge in [-0.3, -0.25) is 9.20 Å². The number of fused-ring (bicyclic) bond motifs is 1. The molecular weight excluding hydrogens is 452 g/mol. The fourth-order valence-electron chi connectivity index (χ4n) is 5.02. The zero-order valence-corrected chi connectivity index (χ0v) is 20.3. The van der Waals surface area contributed by atoms with Gasteiger partial charge in [0, 0.05) is 23.4 Å². The number of nitrogens with one attached hydrogen (secondary N) is 1. The summed E-state index contributed by atoms with van der Waals surface area (Å²) in [5.41, 5.74) is 13.3. The highest BCUT2D eigenvalue weighted by molar-refractivity contribution is 5.91. The van der Waals surface area contributed by atoms with E-state index in [0.717, 1.165) is 69.7 Å². The summed E-state index contributed by atoms with van der Waals surface area (Å²) >= 11 is 0. The minimum absolute atomic E-state index is 0.497. The number of amides is 2. The molecule has 0 unspecified atom stereocenters. The van der Waals surface area contributed by atoms with Crippen LogP contribution in [0.5, 0.6) is 0 Å². The molecule has 4 N–H and O–H groups in total. The molecule has 2 amide bonds. The van der Waals surface area contributed by atoms with Gasteiger partial charge in [-0.25, -0.2) is 9.78 Å². The van der Waals surface area contributed by atoms with Crippen LogP contribution in [-0.2, 0) is 10.3 Å². The number of primary amides is 1. The van der Waals surface area contributed by atoms with Crippen molar-refractivity contribution < 1.29 is 14.7 Å². The van der Waals surface area contributed by atoms with Crippen LogP contribution in [0.1, 0.15) is 41.5 Å². The summed E-state index contributed by atoms with van der Waals surface area (Å²) in [6, 6.07) is 18.1. The SMILES string of the molecule is Cc1c(/C=C/C(N)=O)cn2c(-c3ccccc3)c(-c3ccc(C4(NC(=O)O)CCC4)cc3)nc2c1C. The standard InChI is InChI=1S/C29H28N4O3/c1-18-19(2)27-31-25(20-9-12-23(13-10-20)29(15-6-16-29)32-28(35)36)26(21-7-4-3-5-8-21)33(27)17-22(18)11-14-24(30)34/h3-5,7-14,17,32H,6,15-16H2,1-2H3,(H2,30,34)(H,35,36)/b14-11+. The second kappa shape index (κ2) is 9.00. The van der Waals surface area contributed by atoms with E-state index in [4.69, 9.17) is 10.7 Å². The number of aryl methyl sites for hydroxylation is 1. The number of carboxylic acid groups (broad SMARTS) is 1. The van der Waals surface area contributed by atoms with Crippen molar-refractivity contribution in [2.24, 2.45) is 5.73 Å². The van der Waals surface area contributed by atoms with Gasteiger partial charge < -0.3 is 16.2 Å². The molecule has 1 aliphatic carbocycles. The Morgan fingerprint density at radius 3 is 2.31 bits per heavy atom. The van der Waals surface area contributed by atoms with Crippen LogP contribution in [0.15, 0.2) is 66.9 Å². The Morgan fingerprint density at radius 2 is 1.72 bits per heavy atom. The molecule has 182 valence electrons. The third-order valence-corrected chi connectivity index (χ3v) is 7.25. The molecule has 36 heavy (non-hydrogen) atoms. The Morgan fingerprint density at radius 1 is 1.03 bits per heavy atom. The van der Waals surface area contributed by atoms with E-state index in [-0.39, 0.29) is 0 Å². The fourth-order valence-corrected chi connectivity index (χ4v) is 5.02.